The first-order chi connectivity index (χ1) is 9.06. The zero-order chi connectivity index (χ0) is 14.3. The van der Waals surface area contributed by atoms with Gasteiger partial charge in [0.1, 0.15) is 0 Å². The highest BCUT2D eigenvalue weighted by Gasteiger charge is 2.23. The Labute approximate surface area is 119 Å². The summed E-state index contributed by atoms with van der Waals surface area (Å²) in [5.74, 6) is 0.144. The van der Waals surface area contributed by atoms with Crippen LogP contribution < -0.4 is 5.73 Å². The lowest BCUT2D eigenvalue weighted by Crippen LogP contribution is -2.21. The van der Waals surface area contributed by atoms with E-state index in [4.69, 9.17) is 5.73 Å². The van der Waals surface area contributed by atoms with Crippen molar-refractivity contribution in [2.75, 3.05) is 11.5 Å². The molecule has 0 aromatic heterocycles. The standard InChI is InChI=1S/C15H19NO2S/c1-11(2)7-12(8-17)13(9-18)10-19-15-5-3-14(16)4-6-15/h3-6,11-13H,7,10,16H2,1-2H3/t12-,13-/m0/s1. The van der Waals surface area contributed by atoms with Crippen molar-refractivity contribution >= 4 is 30.0 Å². The fourth-order valence-corrected chi connectivity index (χ4v) is 2.79. The van der Waals surface area contributed by atoms with Crippen LogP contribution in [0.15, 0.2) is 29.2 Å². The maximum absolute atomic E-state index is 11.0. The first kappa shape index (κ1) is 15.8. The molecule has 2 radical (unpaired) electrons. The Morgan fingerprint density at radius 2 is 1.68 bits per heavy atom. The topological polar surface area (TPSA) is 60.2 Å². The van der Waals surface area contributed by atoms with Crippen LogP contribution in [0.3, 0.4) is 0 Å². The lowest BCUT2D eigenvalue weighted by atomic mass is 9.88. The van der Waals surface area contributed by atoms with Crippen molar-refractivity contribution in [2.45, 2.75) is 25.2 Å². The van der Waals surface area contributed by atoms with Gasteiger partial charge in [-0.3, -0.25) is 9.59 Å². The molecule has 102 valence electrons. The van der Waals surface area contributed by atoms with E-state index in [9.17, 15) is 9.59 Å². The van der Waals surface area contributed by atoms with Crippen molar-refractivity contribution in [3.63, 3.8) is 0 Å². The van der Waals surface area contributed by atoms with Gasteiger partial charge >= 0.3 is 0 Å². The molecule has 0 saturated heterocycles. The molecule has 4 heteroatoms. The van der Waals surface area contributed by atoms with Gasteiger partial charge in [-0.15, -0.1) is 11.8 Å². The first-order valence-electron chi connectivity index (χ1n) is 6.30. The number of anilines is 1. The third-order valence-corrected chi connectivity index (χ3v) is 3.95. The predicted octanol–water partition coefficient (Wildman–Crippen LogP) is 2.86. The highest BCUT2D eigenvalue weighted by atomic mass is 32.2. The van der Waals surface area contributed by atoms with Gasteiger partial charge in [0.15, 0.2) is 0 Å². The molecule has 0 aliphatic rings. The predicted molar refractivity (Wildman–Crippen MR) is 79.4 cm³/mol. The van der Waals surface area contributed by atoms with Gasteiger partial charge in [-0.05, 0) is 36.6 Å². The van der Waals surface area contributed by atoms with E-state index in [1.165, 1.54) is 11.8 Å². The van der Waals surface area contributed by atoms with E-state index < -0.39 is 5.92 Å². The van der Waals surface area contributed by atoms with E-state index in [1.54, 1.807) is 0 Å². The highest BCUT2D eigenvalue weighted by Crippen LogP contribution is 2.26. The van der Waals surface area contributed by atoms with E-state index in [2.05, 4.69) is 0 Å². The molecule has 0 fully saturated rings. The van der Waals surface area contributed by atoms with Crippen molar-refractivity contribution in [1.29, 1.82) is 0 Å². The van der Waals surface area contributed by atoms with Gasteiger partial charge < -0.3 is 5.73 Å². The van der Waals surface area contributed by atoms with Crippen LogP contribution >= 0.6 is 11.8 Å². The number of nitrogen functional groups attached to an aromatic ring is 1. The van der Waals surface area contributed by atoms with Crippen LogP contribution in [0.25, 0.3) is 0 Å². The molecule has 1 aromatic rings. The molecule has 0 spiro atoms. The molecular weight excluding hydrogens is 258 g/mol. The molecule has 0 bridgehead atoms. The van der Waals surface area contributed by atoms with Crippen molar-refractivity contribution in [1.82, 2.24) is 0 Å². The van der Waals surface area contributed by atoms with Crippen LogP contribution in [0.5, 0.6) is 0 Å². The molecule has 2 N–H and O–H groups in total. The fourth-order valence-electron chi connectivity index (χ4n) is 1.78. The van der Waals surface area contributed by atoms with E-state index in [0.717, 1.165) is 4.90 Å². The van der Waals surface area contributed by atoms with Crippen LogP contribution in [-0.2, 0) is 9.59 Å². The van der Waals surface area contributed by atoms with Gasteiger partial charge in [0.2, 0.25) is 12.6 Å². The lowest BCUT2D eigenvalue weighted by Gasteiger charge is -2.17. The van der Waals surface area contributed by atoms with Gasteiger partial charge in [-0.2, -0.15) is 0 Å². The largest absolute Gasteiger partial charge is 0.399 e. The zero-order valence-electron chi connectivity index (χ0n) is 11.3. The number of thioether (sulfide) groups is 1. The Bertz CT molecular complexity index is 403. The minimum atomic E-state index is -0.401. The molecule has 0 aliphatic heterocycles. The van der Waals surface area contributed by atoms with Crippen LogP contribution in [0.1, 0.15) is 20.3 Å². The van der Waals surface area contributed by atoms with E-state index in [0.29, 0.717) is 23.8 Å². The summed E-state index contributed by atoms with van der Waals surface area (Å²) in [6.07, 6.45) is 4.64. The van der Waals surface area contributed by atoms with Crippen LogP contribution in [-0.4, -0.2) is 18.3 Å². The lowest BCUT2D eigenvalue weighted by molar-refractivity contribution is 0.405. The number of benzene rings is 1. The molecule has 1 aromatic carbocycles. The average molecular weight is 277 g/mol. The molecule has 1 rings (SSSR count). The Morgan fingerprint density at radius 3 is 2.16 bits per heavy atom. The summed E-state index contributed by atoms with van der Waals surface area (Å²) >= 11 is 1.54. The summed E-state index contributed by atoms with van der Waals surface area (Å²) in [5.41, 5.74) is 6.32. The maximum Gasteiger partial charge on any atom is 0.203 e. The van der Waals surface area contributed by atoms with Crippen LogP contribution in [0.4, 0.5) is 5.69 Å². The number of rotatable bonds is 8. The SMILES string of the molecule is CC(C)C[C@@H]([C]=O)[C@@H]([C]=O)CSc1ccc(N)cc1. The Morgan fingerprint density at radius 1 is 1.11 bits per heavy atom. The van der Waals surface area contributed by atoms with Crippen LogP contribution in [0, 0.1) is 17.8 Å². The summed E-state index contributed by atoms with van der Waals surface area (Å²) in [7, 11) is 0. The summed E-state index contributed by atoms with van der Waals surface area (Å²) in [6.45, 7) is 4.05. The van der Waals surface area contributed by atoms with Gasteiger partial charge in [0, 0.05) is 28.2 Å². The second-order valence-corrected chi connectivity index (χ2v) is 6.05. The number of hydrogen-bond donors (Lipinski definition) is 1. The maximum atomic E-state index is 11.0. The van der Waals surface area contributed by atoms with Gasteiger partial charge in [0.05, 0.1) is 0 Å². The van der Waals surface area contributed by atoms with E-state index >= 15 is 0 Å². The summed E-state index contributed by atoms with van der Waals surface area (Å²) < 4.78 is 0. The minimum Gasteiger partial charge on any atom is -0.399 e. The molecule has 3 nitrogen and oxygen atoms in total. The molecule has 2 atom stereocenters. The third-order valence-electron chi connectivity index (χ3n) is 2.82. The molecule has 0 amide bonds. The van der Waals surface area contributed by atoms with Crippen molar-refractivity contribution in [2.24, 2.45) is 17.8 Å². The average Bonchev–Trinajstić information content (AvgIpc) is 2.39. The van der Waals surface area contributed by atoms with E-state index in [-0.39, 0.29) is 5.92 Å². The number of hydrogen-bond acceptors (Lipinski definition) is 4. The van der Waals surface area contributed by atoms with Gasteiger partial charge in [-0.1, -0.05) is 13.8 Å². The molecule has 0 unspecified atom stereocenters. The summed E-state index contributed by atoms with van der Waals surface area (Å²) in [4.78, 5) is 23.0. The summed E-state index contributed by atoms with van der Waals surface area (Å²) in [5, 5.41) is 0. The molecular formula is C15H19NO2S. The quantitative estimate of drug-likeness (QED) is 0.586. The number of nitrogens with two attached hydrogens (primary N) is 1. The fraction of sp³-hybridized carbons (Fsp3) is 0.467. The molecule has 0 heterocycles. The minimum absolute atomic E-state index is 0.362. The van der Waals surface area contributed by atoms with E-state index in [1.807, 2.05) is 50.7 Å². The Hall–Kier alpha value is -1.29. The van der Waals surface area contributed by atoms with Crippen molar-refractivity contribution in [3.8, 4) is 0 Å². The monoisotopic (exact) mass is 277 g/mol. The van der Waals surface area contributed by atoms with Crippen molar-refractivity contribution < 1.29 is 9.59 Å². The van der Waals surface area contributed by atoms with Gasteiger partial charge in [0.25, 0.3) is 0 Å². The zero-order valence-corrected chi connectivity index (χ0v) is 12.1. The van der Waals surface area contributed by atoms with Gasteiger partial charge in [-0.25, -0.2) is 0 Å². The first-order valence-corrected chi connectivity index (χ1v) is 7.29. The van der Waals surface area contributed by atoms with Crippen molar-refractivity contribution in [3.05, 3.63) is 24.3 Å². The highest BCUT2D eigenvalue weighted by molar-refractivity contribution is 7.99. The smallest absolute Gasteiger partial charge is 0.203 e. The second kappa shape index (κ2) is 8.00. The number of carbonyl (C=O) groups excluding carboxylic acids is 2. The molecule has 19 heavy (non-hydrogen) atoms. The summed E-state index contributed by atoms with van der Waals surface area (Å²) in [6, 6.07) is 7.45. The molecule has 0 aliphatic carbocycles. The molecule has 0 saturated carbocycles. The Kier molecular flexibility index (Phi) is 6.64. The third kappa shape index (κ3) is 5.47. The second-order valence-electron chi connectivity index (χ2n) is 4.96. The normalized spacial score (nSPS) is 14.1. The van der Waals surface area contributed by atoms with Crippen LogP contribution in [0.2, 0.25) is 0 Å². The Balaban J connectivity index is 2.58.